The van der Waals surface area contributed by atoms with E-state index >= 15 is 0 Å². The lowest BCUT2D eigenvalue weighted by atomic mass is 9.97. The zero-order chi connectivity index (χ0) is 13.8. The van der Waals surface area contributed by atoms with Gasteiger partial charge in [-0.05, 0) is 62.9 Å². The molecule has 3 rings (SSSR count). The third-order valence-electron chi connectivity index (χ3n) is 4.14. The Bertz CT molecular complexity index is 445. The summed E-state index contributed by atoms with van der Waals surface area (Å²) in [4.78, 5) is 12.2. The number of benzene rings is 1. The third-order valence-corrected chi connectivity index (χ3v) is 4.14. The van der Waals surface area contributed by atoms with Crippen molar-refractivity contribution in [3.05, 3.63) is 29.8 Å². The van der Waals surface area contributed by atoms with Crippen LogP contribution in [-0.2, 0) is 0 Å². The van der Waals surface area contributed by atoms with Crippen LogP contribution < -0.4 is 10.1 Å². The second-order valence-corrected chi connectivity index (χ2v) is 5.95. The van der Waals surface area contributed by atoms with E-state index in [1.165, 1.54) is 19.3 Å². The van der Waals surface area contributed by atoms with E-state index in [1.807, 2.05) is 24.3 Å². The minimum absolute atomic E-state index is 0.246. The first-order valence-electron chi connectivity index (χ1n) is 7.84. The van der Waals surface area contributed by atoms with Gasteiger partial charge in [0.25, 0.3) is 0 Å². The molecule has 20 heavy (non-hydrogen) atoms. The van der Waals surface area contributed by atoms with Gasteiger partial charge in [0.2, 0.25) is 0 Å². The van der Waals surface area contributed by atoms with Crippen molar-refractivity contribution in [2.45, 2.75) is 57.1 Å². The van der Waals surface area contributed by atoms with E-state index in [0.29, 0.717) is 18.6 Å². The molecule has 3 heteroatoms. The standard InChI is InChI=1S/C17H23NO2/c19-17(11-6-14-3-1-2-12-18-14)13-4-7-15(8-5-13)20-16-9-10-16/h4-5,7-8,14,16,18H,1-3,6,9-12H2. The van der Waals surface area contributed by atoms with Crippen molar-refractivity contribution >= 4 is 5.78 Å². The molecule has 1 aliphatic carbocycles. The molecular weight excluding hydrogens is 250 g/mol. The molecule has 0 amide bonds. The highest BCUT2D eigenvalue weighted by atomic mass is 16.5. The summed E-state index contributed by atoms with van der Waals surface area (Å²) in [5.74, 6) is 1.13. The summed E-state index contributed by atoms with van der Waals surface area (Å²) in [6.07, 6.45) is 8.10. The van der Waals surface area contributed by atoms with Gasteiger partial charge in [0.1, 0.15) is 5.75 Å². The number of hydrogen-bond donors (Lipinski definition) is 1. The lowest BCUT2D eigenvalue weighted by Gasteiger charge is -2.22. The van der Waals surface area contributed by atoms with Crippen LogP contribution in [0, 0.1) is 0 Å². The minimum Gasteiger partial charge on any atom is -0.490 e. The van der Waals surface area contributed by atoms with E-state index in [2.05, 4.69) is 5.32 Å². The predicted octanol–water partition coefficient (Wildman–Crippen LogP) is 3.33. The molecule has 1 atom stereocenters. The molecule has 1 unspecified atom stereocenters. The van der Waals surface area contributed by atoms with Gasteiger partial charge in [-0.3, -0.25) is 4.79 Å². The van der Waals surface area contributed by atoms with Crippen LogP contribution in [0.15, 0.2) is 24.3 Å². The van der Waals surface area contributed by atoms with Gasteiger partial charge in [0.05, 0.1) is 6.10 Å². The van der Waals surface area contributed by atoms with Crippen LogP contribution in [-0.4, -0.2) is 24.5 Å². The summed E-state index contributed by atoms with van der Waals surface area (Å²) in [6.45, 7) is 1.10. The molecule has 108 valence electrons. The highest BCUT2D eigenvalue weighted by Crippen LogP contribution is 2.27. The van der Waals surface area contributed by atoms with Gasteiger partial charge < -0.3 is 10.1 Å². The fourth-order valence-corrected chi connectivity index (χ4v) is 2.72. The summed E-state index contributed by atoms with van der Waals surface area (Å²) >= 11 is 0. The quantitative estimate of drug-likeness (QED) is 0.808. The Morgan fingerprint density at radius 3 is 2.60 bits per heavy atom. The van der Waals surface area contributed by atoms with Gasteiger partial charge in [0, 0.05) is 18.0 Å². The number of piperidine rings is 1. The van der Waals surface area contributed by atoms with E-state index < -0.39 is 0 Å². The predicted molar refractivity (Wildman–Crippen MR) is 79.3 cm³/mol. The summed E-state index contributed by atoms with van der Waals surface area (Å²) in [7, 11) is 0. The zero-order valence-electron chi connectivity index (χ0n) is 11.9. The maximum atomic E-state index is 12.2. The second kappa shape index (κ2) is 6.40. The summed E-state index contributed by atoms with van der Waals surface area (Å²) in [5, 5.41) is 3.49. The number of ketones is 1. The molecule has 0 bridgehead atoms. The Morgan fingerprint density at radius 2 is 1.95 bits per heavy atom. The van der Waals surface area contributed by atoms with Crippen molar-refractivity contribution in [1.82, 2.24) is 5.32 Å². The van der Waals surface area contributed by atoms with E-state index in [0.717, 1.165) is 37.1 Å². The SMILES string of the molecule is O=C(CCC1CCCCN1)c1ccc(OC2CC2)cc1. The molecule has 1 aromatic carbocycles. The third kappa shape index (κ3) is 3.83. The summed E-state index contributed by atoms with van der Waals surface area (Å²) < 4.78 is 5.69. The zero-order valence-corrected chi connectivity index (χ0v) is 11.9. The number of rotatable bonds is 6. The number of carbonyl (C=O) groups is 1. The topological polar surface area (TPSA) is 38.3 Å². The molecule has 0 spiro atoms. The molecule has 1 aromatic rings. The van der Waals surface area contributed by atoms with Gasteiger partial charge in [-0.15, -0.1) is 0 Å². The van der Waals surface area contributed by atoms with Crippen molar-refractivity contribution in [2.75, 3.05) is 6.54 Å². The van der Waals surface area contributed by atoms with Crippen LogP contribution >= 0.6 is 0 Å². The van der Waals surface area contributed by atoms with Crippen molar-refractivity contribution < 1.29 is 9.53 Å². The van der Waals surface area contributed by atoms with Crippen molar-refractivity contribution in [3.63, 3.8) is 0 Å². The molecule has 0 radical (unpaired) electrons. The average molecular weight is 273 g/mol. The van der Waals surface area contributed by atoms with Gasteiger partial charge >= 0.3 is 0 Å². The number of hydrogen-bond acceptors (Lipinski definition) is 3. The molecule has 1 N–H and O–H groups in total. The molecule has 0 aromatic heterocycles. The van der Waals surface area contributed by atoms with Crippen LogP contribution in [0.25, 0.3) is 0 Å². The van der Waals surface area contributed by atoms with E-state index in [1.54, 1.807) is 0 Å². The summed E-state index contributed by atoms with van der Waals surface area (Å²) in [5.41, 5.74) is 0.809. The Hall–Kier alpha value is -1.35. The number of carbonyl (C=O) groups excluding carboxylic acids is 1. The molecule has 1 heterocycles. The highest BCUT2D eigenvalue weighted by molar-refractivity contribution is 5.96. The van der Waals surface area contributed by atoms with Crippen LogP contribution in [0.4, 0.5) is 0 Å². The molecule has 1 saturated carbocycles. The van der Waals surface area contributed by atoms with Crippen LogP contribution in [0.2, 0.25) is 0 Å². The lowest BCUT2D eigenvalue weighted by Crippen LogP contribution is -2.34. The first-order valence-corrected chi connectivity index (χ1v) is 7.84. The summed E-state index contributed by atoms with van der Waals surface area (Å²) in [6, 6.07) is 8.17. The van der Waals surface area contributed by atoms with Crippen LogP contribution in [0.1, 0.15) is 55.3 Å². The van der Waals surface area contributed by atoms with E-state index in [9.17, 15) is 4.79 Å². The smallest absolute Gasteiger partial charge is 0.162 e. The van der Waals surface area contributed by atoms with Gasteiger partial charge in [-0.1, -0.05) is 6.42 Å². The second-order valence-electron chi connectivity index (χ2n) is 5.95. The molecule has 3 nitrogen and oxygen atoms in total. The van der Waals surface area contributed by atoms with Crippen molar-refractivity contribution in [3.8, 4) is 5.75 Å². The van der Waals surface area contributed by atoms with Gasteiger partial charge in [-0.2, -0.15) is 0 Å². The van der Waals surface area contributed by atoms with Crippen molar-refractivity contribution in [2.24, 2.45) is 0 Å². The first kappa shape index (κ1) is 13.6. The largest absolute Gasteiger partial charge is 0.490 e. The fourth-order valence-electron chi connectivity index (χ4n) is 2.72. The normalized spacial score (nSPS) is 22.5. The van der Waals surface area contributed by atoms with Crippen molar-refractivity contribution in [1.29, 1.82) is 0 Å². The molecule has 2 fully saturated rings. The Kier molecular flexibility index (Phi) is 4.36. The molecule has 2 aliphatic rings. The number of nitrogens with one attached hydrogen (secondary N) is 1. The van der Waals surface area contributed by atoms with Gasteiger partial charge in [0.15, 0.2) is 5.78 Å². The molecule has 1 aliphatic heterocycles. The van der Waals surface area contributed by atoms with E-state index in [4.69, 9.17) is 4.74 Å². The van der Waals surface area contributed by atoms with Crippen LogP contribution in [0.3, 0.4) is 0 Å². The fraction of sp³-hybridized carbons (Fsp3) is 0.588. The molecular formula is C17H23NO2. The Balaban J connectivity index is 1.48. The number of Topliss-reactive ketones (excluding diaryl/α,β-unsaturated/α-hetero) is 1. The maximum Gasteiger partial charge on any atom is 0.162 e. The minimum atomic E-state index is 0.246. The molecule has 1 saturated heterocycles. The maximum absolute atomic E-state index is 12.2. The Labute approximate surface area is 120 Å². The average Bonchev–Trinajstić information content (AvgIpc) is 3.31. The highest BCUT2D eigenvalue weighted by Gasteiger charge is 2.23. The Morgan fingerprint density at radius 1 is 1.15 bits per heavy atom. The lowest BCUT2D eigenvalue weighted by molar-refractivity contribution is 0.0974. The monoisotopic (exact) mass is 273 g/mol. The van der Waals surface area contributed by atoms with Gasteiger partial charge in [-0.25, -0.2) is 0 Å². The first-order chi connectivity index (χ1) is 9.81. The number of ether oxygens (including phenoxy) is 1. The van der Waals surface area contributed by atoms with E-state index in [-0.39, 0.29) is 5.78 Å². The van der Waals surface area contributed by atoms with Crippen LogP contribution in [0.5, 0.6) is 5.75 Å².